The summed E-state index contributed by atoms with van der Waals surface area (Å²) in [4.78, 5) is 13.8. The first kappa shape index (κ1) is 15.0. The number of aliphatic hydroxyl groups excluding tert-OH is 1. The highest BCUT2D eigenvalue weighted by Gasteiger charge is 2.37. The number of nitrogens with zero attached hydrogens (tertiary/aromatic N) is 1. The van der Waals surface area contributed by atoms with Crippen molar-refractivity contribution >= 4 is 27.3 Å². The molecule has 0 aromatic rings. The standard InChI is InChI=1S/C11H19ClN2O4S/c12-9-6-19(17,18)7-10(9)13-11(16)4-14-3-1-2-8(14)5-15/h8-10,15H,1-7H2,(H,13,16)/t8-,9?,10?/m1/s1. The van der Waals surface area contributed by atoms with Crippen molar-refractivity contribution in [2.24, 2.45) is 0 Å². The van der Waals surface area contributed by atoms with Crippen LogP contribution in [0.25, 0.3) is 0 Å². The molecule has 2 saturated heterocycles. The number of likely N-dealkylation sites (tertiary alicyclic amines) is 1. The van der Waals surface area contributed by atoms with Crippen LogP contribution < -0.4 is 5.32 Å². The number of carbonyl (C=O) groups excluding carboxylic acids is 1. The fourth-order valence-electron chi connectivity index (χ4n) is 2.68. The second-order valence-electron chi connectivity index (χ2n) is 5.22. The molecule has 2 heterocycles. The Morgan fingerprint density at radius 2 is 2.16 bits per heavy atom. The molecular formula is C11H19ClN2O4S. The van der Waals surface area contributed by atoms with Crippen LogP contribution >= 0.6 is 11.6 Å². The van der Waals surface area contributed by atoms with E-state index in [9.17, 15) is 18.3 Å². The summed E-state index contributed by atoms with van der Waals surface area (Å²) in [5.41, 5.74) is 0. The number of carbonyl (C=O) groups is 1. The van der Waals surface area contributed by atoms with Gasteiger partial charge in [0.25, 0.3) is 0 Å². The molecule has 0 radical (unpaired) electrons. The molecule has 2 unspecified atom stereocenters. The largest absolute Gasteiger partial charge is 0.395 e. The zero-order valence-corrected chi connectivity index (χ0v) is 12.2. The number of hydrogen-bond donors (Lipinski definition) is 2. The van der Waals surface area contributed by atoms with Gasteiger partial charge in [-0.3, -0.25) is 9.69 Å². The van der Waals surface area contributed by atoms with Gasteiger partial charge in [0, 0.05) is 6.04 Å². The lowest BCUT2D eigenvalue weighted by molar-refractivity contribution is -0.123. The Hall–Kier alpha value is -0.370. The number of rotatable bonds is 4. The van der Waals surface area contributed by atoms with E-state index in [-0.39, 0.29) is 36.6 Å². The maximum atomic E-state index is 11.9. The molecule has 1 amide bonds. The summed E-state index contributed by atoms with van der Waals surface area (Å²) in [7, 11) is -3.13. The van der Waals surface area contributed by atoms with Crippen molar-refractivity contribution in [1.29, 1.82) is 0 Å². The third-order valence-corrected chi connectivity index (χ3v) is 6.06. The number of amides is 1. The number of sulfone groups is 1. The number of hydrogen-bond acceptors (Lipinski definition) is 5. The van der Waals surface area contributed by atoms with Gasteiger partial charge in [-0.05, 0) is 19.4 Å². The number of nitrogens with one attached hydrogen (secondary N) is 1. The molecule has 0 spiro atoms. The van der Waals surface area contributed by atoms with Crippen LogP contribution in [-0.4, -0.2) is 73.0 Å². The molecule has 19 heavy (non-hydrogen) atoms. The molecule has 0 aromatic heterocycles. The first-order valence-electron chi connectivity index (χ1n) is 6.40. The van der Waals surface area contributed by atoms with Gasteiger partial charge in [0.05, 0.1) is 36.1 Å². The Morgan fingerprint density at radius 3 is 2.74 bits per heavy atom. The Balaban J connectivity index is 1.85. The van der Waals surface area contributed by atoms with Gasteiger partial charge in [-0.25, -0.2) is 8.42 Å². The first-order valence-corrected chi connectivity index (χ1v) is 8.66. The second kappa shape index (κ2) is 5.95. The summed E-state index contributed by atoms with van der Waals surface area (Å²) in [6, 6.07) is -0.473. The van der Waals surface area contributed by atoms with Gasteiger partial charge < -0.3 is 10.4 Å². The van der Waals surface area contributed by atoms with Gasteiger partial charge in [-0.1, -0.05) is 0 Å². The van der Waals surface area contributed by atoms with Gasteiger partial charge in [0.2, 0.25) is 5.91 Å². The highest BCUT2D eigenvalue weighted by atomic mass is 35.5. The molecule has 2 aliphatic rings. The molecule has 0 aliphatic carbocycles. The third kappa shape index (κ3) is 3.81. The lowest BCUT2D eigenvalue weighted by Crippen LogP contribution is -2.47. The lowest BCUT2D eigenvalue weighted by atomic mass is 10.2. The van der Waals surface area contributed by atoms with E-state index < -0.39 is 21.3 Å². The van der Waals surface area contributed by atoms with Crippen LogP contribution in [0.1, 0.15) is 12.8 Å². The molecule has 110 valence electrons. The normalized spacial score (nSPS) is 34.5. The van der Waals surface area contributed by atoms with Gasteiger partial charge in [0.15, 0.2) is 9.84 Å². The predicted octanol–water partition coefficient (Wildman–Crippen LogP) is -1.04. The average molecular weight is 311 g/mol. The van der Waals surface area contributed by atoms with Crippen LogP contribution in [0.3, 0.4) is 0 Å². The predicted molar refractivity (Wildman–Crippen MR) is 71.9 cm³/mol. The monoisotopic (exact) mass is 310 g/mol. The number of alkyl halides is 1. The summed E-state index contributed by atoms with van der Waals surface area (Å²) in [5, 5.41) is 11.3. The fraction of sp³-hybridized carbons (Fsp3) is 0.909. The topological polar surface area (TPSA) is 86.7 Å². The zero-order valence-electron chi connectivity index (χ0n) is 10.6. The van der Waals surface area contributed by atoms with Crippen LogP contribution in [-0.2, 0) is 14.6 Å². The highest BCUT2D eigenvalue weighted by Crippen LogP contribution is 2.19. The molecule has 0 bridgehead atoms. The van der Waals surface area contributed by atoms with Crippen LogP contribution in [0.4, 0.5) is 0 Å². The van der Waals surface area contributed by atoms with E-state index in [1.165, 1.54) is 0 Å². The maximum Gasteiger partial charge on any atom is 0.234 e. The van der Waals surface area contributed by atoms with E-state index in [1.54, 1.807) is 0 Å². The highest BCUT2D eigenvalue weighted by molar-refractivity contribution is 7.91. The van der Waals surface area contributed by atoms with Crippen molar-refractivity contribution in [3.8, 4) is 0 Å². The summed E-state index contributed by atoms with van der Waals surface area (Å²) in [6.45, 7) is 1.01. The summed E-state index contributed by atoms with van der Waals surface area (Å²) in [6.07, 6.45) is 1.86. The average Bonchev–Trinajstić information content (AvgIpc) is 2.83. The van der Waals surface area contributed by atoms with E-state index in [1.807, 2.05) is 4.90 Å². The van der Waals surface area contributed by atoms with E-state index in [0.717, 1.165) is 19.4 Å². The van der Waals surface area contributed by atoms with Crippen molar-refractivity contribution in [2.75, 3.05) is 31.2 Å². The minimum Gasteiger partial charge on any atom is -0.395 e. The molecular weight excluding hydrogens is 292 g/mol. The molecule has 0 saturated carbocycles. The molecule has 2 aliphatic heterocycles. The van der Waals surface area contributed by atoms with Crippen LogP contribution in [0.15, 0.2) is 0 Å². The molecule has 2 rings (SSSR count). The lowest BCUT2D eigenvalue weighted by Gasteiger charge is -2.23. The SMILES string of the molecule is O=C(CN1CCC[C@@H]1CO)NC1CS(=O)(=O)CC1Cl. The Morgan fingerprint density at radius 1 is 1.42 bits per heavy atom. The van der Waals surface area contributed by atoms with Crippen LogP contribution in [0.2, 0.25) is 0 Å². The van der Waals surface area contributed by atoms with Crippen LogP contribution in [0.5, 0.6) is 0 Å². The maximum absolute atomic E-state index is 11.9. The van der Waals surface area contributed by atoms with E-state index in [4.69, 9.17) is 11.6 Å². The number of halogens is 1. The van der Waals surface area contributed by atoms with E-state index in [2.05, 4.69) is 5.32 Å². The molecule has 8 heteroatoms. The van der Waals surface area contributed by atoms with Gasteiger partial charge in [-0.2, -0.15) is 0 Å². The van der Waals surface area contributed by atoms with E-state index >= 15 is 0 Å². The molecule has 2 N–H and O–H groups in total. The Kier molecular flexibility index (Phi) is 4.70. The first-order chi connectivity index (χ1) is 8.91. The Bertz CT molecular complexity index is 442. The van der Waals surface area contributed by atoms with Crippen LogP contribution in [0, 0.1) is 0 Å². The third-order valence-electron chi connectivity index (χ3n) is 3.69. The summed E-state index contributed by atoms with van der Waals surface area (Å²) >= 11 is 5.93. The fourth-order valence-corrected chi connectivity index (χ4v) is 5.23. The minimum atomic E-state index is -3.13. The van der Waals surface area contributed by atoms with Gasteiger partial charge >= 0.3 is 0 Å². The minimum absolute atomic E-state index is 0.0323. The van der Waals surface area contributed by atoms with Crippen molar-refractivity contribution in [2.45, 2.75) is 30.3 Å². The summed E-state index contributed by atoms with van der Waals surface area (Å²) in [5.74, 6) is -0.396. The van der Waals surface area contributed by atoms with Gasteiger partial charge in [0.1, 0.15) is 0 Å². The quantitative estimate of drug-likeness (QED) is 0.648. The molecule has 6 nitrogen and oxygen atoms in total. The number of aliphatic hydroxyl groups is 1. The molecule has 3 atom stereocenters. The van der Waals surface area contributed by atoms with Crippen molar-refractivity contribution in [1.82, 2.24) is 10.2 Å². The molecule has 2 fully saturated rings. The smallest absolute Gasteiger partial charge is 0.234 e. The summed E-state index contributed by atoms with van der Waals surface area (Å²) < 4.78 is 22.8. The second-order valence-corrected chi connectivity index (χ2v) is 7.93. The van der Waals surface area contributed by atoms with Crippen molar-refractivity contribution in [3.05, 3.63) is 0 Å². The Labute approximate surface area is 118 Å². The van der Waals surface area contributed by atoms with E-state index in [0.29, 0.717) is 0 Å². The van der Waals surface area contributed by atoms with Gasteiger partial charge in [-0.15, -0.1) is 11.6 Å². The molecule has 0 aromatic carbocycles. The van der Waals surface area contributed by atoms with Crippen molar-refractivity contribution < 1.29 is 18.3 Å². The van der Waals surface area contributed by atoms with Crippen molar-refractivity contribution in [3.63, 3.8) is 0 Å². The zero-order chi connectivity index (χ0) is 14.0.